The highest BCUT2D eigenvalue weighted by Crippen LogP contribution is 2.29. The van der Waals surface area contributed by atoms with E-state index in [1.165, 1.54) is 0 Å². The van der Waals surface area contributed by atoms with Gasteiger partial charge in [0, 0.05) is 18.3 Å². The standard InChI is InChI=1S/C20H32O4/c1-2-3-6-9-17(21)14-12-16-13-15-19(22)18(16)10-7-4-5-8-11-20(23)24/h12-18,21H,2-11H2,1H3,(H,23,24)/b14-12-/t16-,17+,18+/m0/s1. The van der Waals surface area contributed by atoms with Gasteiger partial charge in [-0.15, -0.1) is 0 Å². The van der Waals surface area contributed by atoms with Crippen molar-refractivity contribution in [1.29, 1.82) is 0 Å². The first-order chi connectivity index (χ1) is 11.5. The minimum absolute atomic E-state index is 0.0106. The molecule has 3 atom stereocenters. The number of carboxylic acids is 1. The van der Waals surface area contributed by atoms with Crippen LogP contribution < -0.4 is 0 Å². The third-order valence-electron chi connectivity index (χ3n) is 4.63. The van der Waals surface area contributed by atoms with Crippen LogP contribution in [-0.4, -0.2) is 28.1 Å². The van der Waals surface area contributed by atoms with Crippen LogP contribution in [0.15, 0.2) is 24.3 Å². The highest BCUT2D eigenvalue weighted by Gasteiger charge is 2.27. The molecule has 0 saturated heterocycles. The maximum atomic E-state index is 12.0. The Kier molecular flexibility index (Phi) is 10.3. The highest BCUT2D eigenvalue weighted by atomic mass is 16.4. The lowest BCUT2D eigenvalue weighted by Crippen LogP contribution is -2.15. The van der Waals surface area contributed by atoms with Crippen molar-refractivity contribution in [2.75, 3.05) is 0 Å². The van der Waals surface area contributed by atoms with E-state index in [2.05, 4.69) is 6.92 Å². The number of rotatable bonds is 13. The van der Waals surface area contributed by atoms with E-state index < -0.39 is 12.1 Å². The lowest BCUT2D eigenvalue weighted by atomic mass is 9.88. The summed E-state index contributed by atoms with van der Waals surface area (Å²) in [5.74, 6) is -0.482. The largest absolute Gasteiger partial charge is 0.481 e. The maximum Gasteiger partial charge on any atom is 0.303 e. The molecule has 0 amide bonds. The zero-order chi connectivity index (χ0) is 17.8. The van der Waals surface area contributed by atoms with Crippen molar-refractivity contribution in [2.45, 2.75) is 77.2 Å². The molecule has 2 N–H and O–H groups in total. The van der Waals surface area contributed by atoms with Crippen LogP contribution in [0.1, 0.15) is 71.1 Å². The SMILES string of the molecule is CCCCC[C@@H](O)/C=C\[C@H]1C=CC(=O)[C@@H]1CCCCCCC(=O)O. The predicted molar refractivity (Wildman–Crippen MR) is 95.8 cm³/mol. The average molecular weight is 336 g/mol. The van der Waals surface area contributed by atoms with Gasteiger partial charge in [0.15, 0.2) is 5.78 Å². The Morgan fingerprint density at radius 2 is 1.96 bits per heavy atom. The quantitative estimate of drug-likeness (QED) is 0.389. The first-order valence-electron chi connectivity index (χ1n) is 9.34. The Labute approximate surface area is 145 Å². The van der Waals surface area contributed by atoms with E-state index in [0.717, 1.165) is 51.4 Å². The molecule has 1 rings (SSSR count). The molecule has 4 nitrogen and oxygen atoms in total. The van der Waals surface area contributed by atoms with Crippen LogP contribution in [0.5, 0.6) is 0 Å². The third kappa shape index (κ3) is 8.44. The third-order valence-corrected chi connectivity index (χ3v) is 4.63. The molecule has 0 fully saturated rings. The smallest absolute Gasteiger partial charge is 0.303 e. The molecule has 0 saturated carbocycles. The van der Waals surface area contributed by atoms with E-state index in [9.17, 15) is 14.7 Å². The summed E-state index contributed by atoms with van der Waals surface area (Å²) in [6, 6.07) is 0. The monoisotopic (exact) mass is 336 g/mol. The van der Waals surface area contributed by atoms with Gasteiger partial charge in [-0.3, -0.25) is 9.59 Å². The van der Waals surface area contributed by atoms with Gasteiger partial charge in [-0.2, -0.15) is 0 Å². The number of hydrogen-bond acceptors (Lipinski definition) is 3. The topological polar surface area (TPSA) is 74.6 Å². The van der Waals surface area contributed by atoms with Gasteiger partial charge in [0.25, 0.3) is 0 Å². The minimum Gasteiger partial charge on any atom is -0.481 e. The first-order valence-corrected chi connectivity index (χ1v) is 9.34. The summed E-state index contributed by atoms with van der Waals surface area (Å²) in [6.07, 6.45) is 15.7. The molecule has 0 heterocycles. The molecule has 0 bridgehead atoms. The molecule has 0 aliphatic heterocycles. The van der Waals surface area contributed by atoms with E-state index in [-0.39, 0.29) is 24.0 Å². The molecule has 1 aliphatic rings. The van der Waals surface area contributed by atoms with Crippen LogP contribution in [0.2, 0.25) is 0 Å². The zero-order valence-electron chi connectivity index (χ0n) is 14.8. The van der Waals surface area contributed by atoms with Gasteiger partial charge in [0.2, 0.25) is 0 Å². The Balaban J connectivity index is 2.29. The van der Waals surface area contributed by atoms with Crippen LogP contribution >= 0.6 is 0 Å². The summed E-state index contributed by atoms with van der Waals surface area (Å²) in [4.78, 5) is 22.4. The van der Waals surface area contributed by atoms with Crippen molar-refractivity contribution in [2.24, 2.45) is 11.8 Å². The van der Waals surface area contributed by atoms with Crippen molar-refractivity contribution in [3.05, 3.63) is 24.3 Å². The van der Waals surface area contributed by atoms with Crippen LogP contribution in [0.25, 0.3) is 0 Å². The number of allylic oxidation sites excluding steroid dienone is 3. The summed E-state index contributed by atoms with van der Waals surface area (Å²) < 4.78 is 0. The number of carbonyl (C=O) groups excluding carboxylic acids is 1. The van der Waals surface area contributed by atoms with Crippen molar-refractivity contribution >= 4 is 11.8 Å². The molecule has 0 spiro atoms. The fraction of sp³-hybridized carbons (Fsp3) is 0.700. The van der Waals surface area contributed by atoms with Crippen LogP contribution in [0.4, 0.5) is 0 Å². The number of aliphatic hydroxyl groups excluding tert-OH is 1. The van der Waals surface area contributed by atoms with Crippen LogP contribution in [-0.2, 0) is 9.59 Å². The maximum absolute atomic E-state index is 12.0. The van der Waals surface area contributed by atoms with Gasteiger partial charge < -0.3 is 10.2 Å². The van der Waals surface area contributed by atoms with E-state index in [1.807, 2.05) is 18.2 Å². The van der Waals surface area contributed by atoms with E-state index in [4.69, 9.17) is 5.11 Å². The lowest BCUT2D eigenvalue weighted by Gasteiger charge is -2.15. The van der Waals surface area contributed by atoms with Gasteiger partial charge in [-0.25, -0.2) is 0 Å². The number of hydrogen-bond donors (Lipinski definition) is 2. The molecule has 136 valence electrons. The molecule has 0 aromatic heterocycles. The Morgan fingerprint density at radius 1 is 1.21 bits per heavy atom. The number of unbranched alkanes of at least 4 members (excludes halogenated alkanes) is 5. The molecule has 0 radical (unpaired) electrons. The van der Waals surface area contributed by atoms with E-state index in [1.54, 1.807) is 6.08 Å². The van der Waals surface area contributed by atoms with Crippen molar-refractivity contribution in [3.8, 4) is 0 Å². The number of carboxylic acid groups (broad SMARTS) is 1. The van der Waals surface area contributed by atoms with Crippen molar-refractivity contribution < 1.29 is 19.8 Å². The normalized spacial score (nSPS) is 21.7. The predicted octanol–water partition coefficient (Wildman–Crippen LogP) is 4.28. The van der Waals surface area contributed by atoms with Crippen molar-refractivity contribution in [3.63, 3.8) is 0 Å². The summed E-state index contributed by atoms with van der Waals surface area (Å²) in [5, 5.41) is 18.6. The summed E-state index contributed by atoms with van der Waals surface area (Å²) in [5.41, 5.74) is 0. The second-order valence-corrected chi connectivity index (χ2v) is 6.74. The van der Waals surface area contributed by atoms with Gasteiger partial charge in [-0.05, 0) is 25.3 Å². The molecule has 4 heteroatoms. The van der Waals surface area contributed by atoms with Gasteiger partial charge in [0.1, 0.15) is 0 Å². The average Bonchev–Trinajstić information content (AvgIpc) is 2.89. The number of carbonyl (C=O) groups is 2. The summed E-state index contributed by atoms with van der Waals surface area (Å²) in [7, 11) is 0. The summed E-state index contributed by atoms with van der Waals surface area (Å²) in [6.45, 7) is 2.14. The van der Waals surface area contributed by atoms with E-state index in [0.29, 0.717) is 6.42 Å². The number of ketones is 1. The Hall–Kier alpha value is -1.42. The zero-order valence-corrected chi connectivity index (χ0v) is 14.8. The molecule has 24 heavy (non-hydrogen) atoms. The second kappa shape index (κ2) is 12.0. The fourth-order valence-corrected chi connectivity index (χ4v) is 3.14. The molecule has 0 unspecified atom stereocenters. The Bertz CT molecular complexity index is 439. The van der Waals surface area contributed by atoms with Crippen LogP contribution in [0, 0.1) is 11.8 Å². The first kappa shape index (κ1) is 20.6. The second-order valence-electron chi connectivity index (χ2n) is 6.74. The number of aliphatic hydroxyl groups is 1. The van der Waals surface area contributed by atoms with Gasteiger partial charge >= 0.3 is 5.97 Å². The minimum atomic E-state index is -0.743. The van der Waals surface area contributed by atoms with Gasteiger partial charge in [-0.1, -0.05) is 63.7 Å². The van der Waals surface area contributed by atoms with Crippen molar-refractivity contribution in [1.82, 2.24) is 0 Å². The number of aliphatic carboxylic acids is 1. The Morgan fingerprint density at radius 3 is 2.67 bits per heavy atom. The molecular formula is C20H32O4. The lowest BCUT2D eigenvalue weighted by molar-refractivity contribution is -0.137. The molecule has 1 aliphatic carbocycles. The van der Waals surface area contributed by atoms with Gasteiger partial charge in [0.05, 0.1) is 6.10 Å². The fourth-order valence-electron chi connectivity index (χ4n) is 3.14. The molecular weight excluding hydrogens is 304 g/mol. The molecule has 0 aromatic carbocycles. The molecule has 0 aromatic rings. The van der Waals surface area contributed by atoms with E-state index >= 15 is 0 Å². The highest BCUT2D eigenvalue weighted by molar-refractivity contribution is 5.94. The van der Waals surface area contributed by atoms with Crippen LogP contribution in [0.3, 0.4) is 0 Å². The summed E-state index contributed by atoms with van der Waals surface area (Å²) >= 11 is 0.